The summed E-state index contributed by atoms with van der Waals surface area (Å²) in [6.45, 7) is 3.59. The van der Waals surface area contributed by atoms with E-state index in [-0.39, 0.29) is 12.3 Å². The summed E-state index contributed by atoms with van der Waals surface area (Å²) in [7, 11) is 0. The summed E-state index contributed by atoms with van der Waals surface area (Å²) < 4.78 is 46.2. The van der Waals surface area contributed by atoms with Gasteiger partial charge < -0.3 is 4.74 Å². The van der Waals surface area contributed by atoms with Crippen LogP contribution >= 0.6 is 11.6 Å². The van der Waals surface area contributed by atoms with E-state index in [1.54, 1.807) is 42.5 Å². The van der Waals surface area contributed by atoms with Crippen LogP contribution in [-0.4, -0.2) is 9.78 Å². The molecule has 0 unspecified atom stereocenters. The lowest BCUT2D eigenvalue weighted by Crippen LogP contribution is -2.08. The number of halogens is 4. The zero-order valence-electron chi connectivity index (χ0n) is 14.2. The lowest BCUT2D eigenvalue weighted by atomic mass is 10.1. The number of hydrogen-bond acceptors (Lipinski definition) is 2. The molecule has 0 radical (unpaired) electrons. The molecule has 27 heavy (non-hydrogen) atoms. The van der Waals surface area contributed by atoms with E-state index in [0.717, 1.165) is 22.7 Å². The molecule has 0 aliphatic heterocycles. The van der Waals surface area contributed by atoms with Crippen LogP contribution in [0, 0.1) is 0 Å². The number of alkyl halides is 3. The number of allylic oxidation sites excluding steroid dienone is 1. The Morgan fingerprint density at radius 3 is 2.44 bits per heavy atom. The summed E-state index contributed by atoms with van der Waals surface area (Å²) in [6.07, 6.45) is -2.04. The van der Waals surface area contributed by atoms with Crippen LogP contribution in [0.5, 0.6) is 5.75 Å². The van der Waals surface area contributed by atoms with Crippen molar-refractivity contribution in [2.45, 2.75) is 19.2 Å². The summed E-state index contributed by atoms with van der Waals surface area (Å²) in [5.74, 6) is 0.545. The van der Waals surface area contributed by atoms with Gasteiger partial charge >= 0.3 is 6.18 Å². The van der Waals surface area contributed by atoms with Gasteiger partial charge in [0.15, 0.2) is 5.69 Å². The minimum Gasteiger partial charge on any atom is -0.487 e. The number of benzene rings is 2. The zero-order chi connectivity index (χ0) is 19.4. The molecule has 1 aromatic heterocycles. The predicted molar refractivity (Wildman–Crippen MR) is 98.3 cm³/mol. The van der Waals surface area contributed by atoms with Crippen LogP contribution in [0.25, 0.3) is 5.69 Å². The third kappa shape index (κ3) is 4.52. The van der Waals surface area contributed by atoms with Crippen LogP contribution in [0.4, 0.5) is 13.2 Å². The van der Waals surface area contributed by atoms with Gasteiger partial charge in [-0.1, -0.05) is 41.9 Å². The third-order valence-electron chi connectivity index (χ3n) is 3.84. The van der Waals surface area contributed by atoms with E-state index >= 15 is 0 Å². The Bertz CT molecular complexity index is 933. The number of para-hydroxylation sites is 1. The minimum atomic E-state index is -4.56. The van der Waals surface area contributed by atoms with Gasteiger partial charge in [-0.05, 0) is 42.3 Å². The largest absolute Gasteiger partial charge is 0.487 e. The zero-order valence-corrected chi connectivity index (χ0v) is 15.0. The van der Waals surface area contributed by atoms with Crippen molar-refractivity contribution in [3.8, 4) is 11.4 Å². The highest BCUT2D eigenvalue weighted by molar-refractivity contribution is 6.32. The average Bonchev–Trinajstić information content (AvgIpc) is 3.06. The van der Waals surface area contributed by atoms with Crippen molar-refractivity contribution in [2.24, 2.45) is 0 Å². The Labute approximate surface area is 159 Å². The van der Waals surface area contributed by atoms with E-state index in [2.05, 4.69) is 11.7 Å². The maximum Gasteiger partial charge on any atom is 0.435 e. The Balaban J connectivity index is 1.88. The van der Waals surface area contributed by atoms with E-state index < -0.39 is 11.9 Å². The van der Waals surface area contributed by atoms with E-state index in [1.807, 2.05) is 12.1 Å². The summed E-state index contributed by atoms with van der Waals surface area (Å²) in [4.78, 5) is 0. The topological polar surface area (TPSA) is 27.1 Å². The minimum absolute atomic E-state index is 0.0882. The molecule has 0 fully saturated rings. The number of aromatic nitrogens is 2. The average molecular weight is 393 g/mol. The fourth-order valence-electron chi connectivity index (χ4n) is 2.54. The molecule has 3 aromatic rings. The maximum absolute atomic E-state index is 13.1. The van der Waals surface area contributed by atoms with Gasteiger partial charge in [-0.15, -0.1) is 6.58 Å². The molecule has 0 aliphatic carbocycles. The second-order valence-corrected chi connectivity index (χ2v) is 6.21. The molecule has 7 heteroatoms. The number of hydrogen-bond donors (Lipinski definition) is 0. The van der Waals surface area contributed by atoms with Crippen molar-refractivity contribution in [3.05, 3.63) is 89.2 Å². The van der Waals surface area contributed by atoms with Crippen molar-refractivity contribution in [2.75, 3.05) is 0 Å². The molecule has 0 aliphatic rings. The number of rotatable bonds is 6. The van der Waals surface area contributed by atoms with Gasteiger partial charge in [-0.25, -0.2) is 4.68 Å². The van der Waals surface area contributed by atoms with Gasteiger partial charge in [0.25, 0.3) is 0 Å². The number of nitrogens with zero attached hydrogens (tertiary/aromatic N) is 2. The smallest absolute Gasteiger partial charge is 0.435 e. The van der Waals surface area contributed by atoms with Crippen molar-refractivity contribution < 1.29 is 17.9 Å². The van der Waals surface area contributed by atoms with Gasteiger partial charge in [0, 0.05) is 0 Å². The van der Waals surface area contributed by atoms with Crippen LogP contribution in [-0.2, 0) is 19.2 Å². The highest BCUT2D eigenvalue weighted by Gasteiger charge is 2.35. The highest BCUT2D eigenvalue weighted by Crippen LogP contribution is 2.31. The first kappa shape index (κ1) is 19.0. The molecule has 0 spiro atoms. The SMILES string of the molecule is C=CCc1ccc(OCc2cc(C(F)(F)F)nn2-c2ccccc2Cl)cc1. The van der Waals surface area contributed by atoms with Crippen LogP contribution in [0.15, 0.2) is 67.3 Å². The molecule has 0 bridgehead atoms. The van der Waals surface area contributed by atoms with Gasteiger partial charge in [-0.3, -0.25) is 0 Å². The maximum atomic E-state index is 13.1. The van der Waals surface area contributed by atoms with Crippen molar-refractivity contribution in [1.82, 2.24) is 9.78 Å². The van der Waals surface area contributed by atoms with E-state index in [0.29, 0.717) is 16.5 Å². The Kier molecular flexibility index (Phi) is 5.56. The second-order valence-electron chi connectivity index (χ2n) is 5.81. The van der Waals surface area contributed by atoms with Gasteiger partial charge in [0.05, 0.1) is 16.4 Å². The molecule has 1 heterocycles. The van der Waals surface area contributed by atoms with Crippen LogP contribution in [0.3, 0.4) is 0 Å². The van der Waals surface area contributed by atoms with Crippen LogP contribution < -0.4 is 4.74 Å². The number of ether oxygens (including phenoxy) is 1. The summed E-state index contributed by atoms with van der Waals surface area (Å²) in [5.41, 5.74) is 0.667. The first-order valence-corrected chi connectivity index (χ1v) is 8.50. The van der Waals surface area contributed by atoms with Crippen molar-refractivity contribution in [3.63, 3.8) is 0 Å². The highest BCUT2D eigenvalue weighted by atomic mass is 35.5. The van der Waals surface area contributed by atoms with Crippen molar-refractivity contribution >= 4 is 11.6 Å². The molecule has 2 aromatic carbocycles. The predicted octanol–water partition coefficient (Wildman–Crippen LogP) is 5.85. The standard InChI is InChI=1S/C20H16ClF3N2O/c1-2-5-14-8-10-16(11-9-14)27-13-15-12-19(20(22,23)24)25-26(15)18-7-4-3-6-17(18)21/h2-4,6-12H,1,5,13H2. The summed E-state index contributed by atoms with van der Waals surface area (Å²) in [6, 6.07) is 14.8. The lowest BCUT2D eigenvalue weighted by Gasteiger charge is -2.11. The molecule has 3 nitrogen and oxygen atoms in total. The lowest BCUT2D eigenvalue weighted by molar-refractivity contribution is -0.141. The second kappa shape index (κ2) is 7.88. The molecule has 0 amide bonds. The van der Waals surface area contributed by atoms with Gasteiger partial charge in [-0.2, -0.15) is 18.3 Å². The molecule has 0 N–H and O–H groups in total. The molecular weight excluding hydrogens is 377 g/mol. The summed E-state index contributed by atoms with van der Waals surface area (Å²) >= 11 is 6.13. The monoisotopic (exact) mass is 392 g/mol. The Hall–Kier alpha value is -2.73. The molecule has 140 valence electrons. The van der Waals surface area contributed by atoms with Crippen LogP contribution in [0.2, 0.25) is 5.02 Å². The summed E-state index contributed by atoms with van der Waals surface area (Å²) in [5, 5.41) is 3.98. The normalized spacial score (nSPS) is 11.4. The Morgan fingerprint density at radius 2 is 1.81 bits per heavy atom. The van der Waals surface area contributed by atoms with Gasteiger partial charge in [0.1, 0.15) is 12.4 Å². The van der Waals surface area contributed by atoms with Crippen LogP contribution in [0.1, 0.15) is 17.0 Å². The Morgan fingerprint density at radius 1 is 1.11 bits per heavy atom. The van der Waals surface area contributed by atoms with E-state index in [4.69, 9.17) is 16.3 Å². The molecule has 0 saturated heterocycles. The molecule has 0 atom stereocenters. The van der Waals surface area contributed by atoms with E-state index in [1.165, 1.54) is 0 Å². The third-order valence-corrected chi connectivity index (χ3v) is 4.16. The first-order chi connectivity index (χ1) is 12.9. The quantitative estimate of drug-likeness (QED) is 0.492. The van der Waals surface area contributed by atoms with E-state index in [9.17, 15) is 13.2 Å². The van der Waals surface area contributed by atoms with Gasteiger partial charge in [0.2, 0.25) is 0 Å². The molecular formula is C20H16ClF3N2O. The fraction of sp³-hybridized carbons (Fsp3) is 0.150. The fourth-order valence-corrected chi connectivity index (χ4v) is 2.75. The van der Waals surface area contributed by atoms with Crippen molar-refractivity contribution in [1.29, 1.82) is 0 Å². The molecule has 3 rings (SSSR count). The molecule has 0 saturated carbocycles. The first-order valence-electron chi connectivity index (χ1n) is 8.12.